The minimum atomic E-state index is 0. The molecule has 2 aromatic heterocycles. The van der Waals surface area contributed by atoms with Crippen molar-refractivity contribution < 1.29 is 0 Å². The highest BCUT2D eigenvalue weighted by Gasteiger charge is 2.09. The summed E-state index contributed by atoms with van der Waals surface area (Å²) in [6.45, 7) is 5.56. The maximum absolute atomic E-state index is 4.63. The van der Waals surface area contributed by atoms with Crippen molar-refractivity contribution in [2.75, 3.05) is 13.6 Å². The fourth-order valence-corrected chi connectivity index (χ4v) is 3.72. The number of halogens is 1. The lowest BCUT2D eigenvalue weighted by Crippen LogP contribution is -2.38. The molecule has 0 saturated heterocycles. The maximum atomic E-state index is 4.63. The van der Waals surface area contributed by atoms with E-state index < -0.39 is 0 Å². The summed E-state index contributed by atoms with van der Waals surface area (Å²) in [6, 6.07) is 21.0. The Balaban J connectivity index is 0.00000272. The number of hydrogen-bond donors (Lipinski definition) is 3. The second-order valence-corrected chi connectivity index (χ2v) is 7.45. The molecule has 0 bridgehead atoms. The van der Waals surface area contributed by atoms with E-state index in [0.717, 1.165) is 36.0 Å². The Bertz CT molecular complexity index is 1140. The number of aromatic nitrogens is 3. The summed E-state index contributed by atoms with van der Waals surface area (Å²) in [5.41, 5.74) is 6.79. The van der Waals surface area contributed by atoms with Gasteiger partial charge in [-0.1, -0.05) is 36.4 Å². The first-order valence-corrected chi connectivity index (χ1v) is 10.3. The Kier molecular flexibility index (Phi) is 7.73. The zero-order chi connectivity index (χ0) is 20.9. The summed E-state index contributed by atoms with van der Waals surface area (Å²) in [5.74, 6) is 0.786. The van der Waals surface area contributed by atoms with Gasteiger partial charge >= 0.3 is 0 Å². The van der Waals surface area contributed by atoms with Gasteiger partial charge in [0.05, 0.1) is 11.4 Å². The first-order chi connectivity index (χ1) is 14.6. The van der Waals surface area contributed by atoms with E-state index in [1.165, 1.54) is 22.2 Å². The van der Waals surface area contributed by atoms with Crippen molar-refractivity contribution in [3.8, 4) is 5.69 Å². The van der Waals surface area contributed by atoms with E-state index in [1.54, 1.807) is 7.05 Å². The summed E-state index contributed by atoms with van der Waals surface area (Å²) in [5, 5.41) is 12.7. The van der Waals surface area contributed by atoms with Crippen LogP contribution in [-0.2, 0) is 13.0 Å². The van der Waals surface area contributed by atoms with Crippen molar-refractivity contribution in [3.05, 3.63) is 83.3 Å². The van der Waals surface area contributed by atoms with E-state index in [9.17, 15) is 0 Å². The van der Waals surface area contributed by atoms with Gasteiger partial charge in [-0.2, -0.15) is 5.10 Å². The lowest BCUT2D eigenvalue weighted by molar-refractivity contribution is 0.772. The van der Waals surface area contributed by atoms with Gasteiger partial charge in [-0.15, -0.1) is 24.0 Å². The smallest absolute Gasteiger partial charge is 0.191 e. The van der Waals surface area contributed by atoms with Gasteiger partial charge in [0.25, 0.3) is 0 Å². The van der Waals surface area contributed by atoms with Crippen molar-refractivity contribution in [2.24, 2.45) is 4.99 Å². The first kappa shape index (κ1) is 22.9. The Labute approximate surface area is 200 Å². The van der Waals surface area contributed by atoms with Crippen LogP contribution in [0.1, 0.15) is 22.6 Å². The van der Waals surface area contributed by atoms with E-state index in [0.29, 0.717) is 6.54 Å². The molecule has 2 aromatic carbocycles. The van der Waals surface area contributed by atoms with Crippen LogP contribution in [0.2, 0.25) is 0 Å². The zero-order valence-electron chi connectivity index (χ0n) is 18.1. The Hall–Kier alpha value is -2.81. The third-order valence-corrected chi connectivity index (χ3v) is 5.17. The Morgan fingerprint density at radius 3 is 2.55 bits per heavy atom. The van der Waals surface area contributed by atoms with Crippen molar-refractivity contribution in [1.29, 1.82) is 0 Å². The van der Waals surface area contributed by atoms with Gasteiger partial charge in [-0.05, 0) is 49.1 Å². The number of benzene rings is 2. The van der Waals surface area contributed by atoms with E-state index in [2.05, 4.69) is 87.2 Å². The molecule has 0 amide bonds. The quantitative estimate of drug-likeness (QED) is 0.196. The molecule has 0 saturated carbocycles. The van der Waals surface area contributed by atoms with Crippen LogP contribution in [-0.4, -0.2) is 34.3 Å². The van der Waals surface area contributed by atoms with Crippen LogP contribution < -0.4 is 10.6 Å². The van der Waals surface area contributed by atoms with Crippen molar-refractivity contribution in [1.82, 2.24) is 25.4 Å². The fourth-order valence-electron chi connectivity index (χ4n) is 3.72. The largest absolute Gasteiger partial charge is 0.358 e. The van der Waals surface area contributed by atoms with Crippen LogP contribution in [0, 0.1) is 13.8 Å². The lowest BCUT2D eigenvalue weighted by Gasteiger charge is -2.15. The van der Waals surface area contributed by atoms with Crippen LogP contribution in [0.25, 0.3) is 16.6 Å². The Morgan fingerprint density at radius 2 is 1.81 bits per heavy atom. The predicted octanol–water partition coefficient (Wildman–Crippen LogP) is 4.50. The van der Waals surface area contributed by atoms with Gasteiger partial charge in [-0.25, -0.2) is 4.68 Å². The molecule has 0 aliphatic carbocycles. The predicted molar refractivity (Wildman–Crippen MR) is 139 cm³/mol. The number of aromatic amines is 1. The highest BCUT2D eigenvalue weighted by molar-refractivity contribution is 14.0. The monoisotopic (exact) mass is 528 g/mol. The van der Waals surface area contributed by atoms with Crippen molar-refractivity contribution in [2.45, 2.75) is 26.8 Å². The van der Waals surface area contributed by atoms with Crippen LogP contribution in [0.3, 0.4) is 0 Å². The minimum absolute atomic E-state index is 0. The van der Waals surface area contributed by atoms with E-state index in [4.69, 9.17) is 0 Å². The van der Waals surface area contributed by atoms with Gasteiger partial charge in [0.15, 0.2) is 5.96 Å². The fraction of sp³-hybridized carbons (Fsp3) is 0.250. The molecule has 6 nitrogen and oxygen atoms in total. The topological polar surface area (TPSA) is 70.0 Å². The molecule has 0 aliphatic rings. The van der Waals surface area contributed by atoms with E-state index in [-0.39, 0.29) is 24.0 Å². The number of aliphatic imine (C=N–C) groups is 1. The number of nitrogens with one attached hydrogen (secondary N) is 3. The molecule has 7 heteroatoms. The van der Waals surface area contributed by atoms with Gasteiger partial charge in [-0.3, -0.25) is 4.99 Å². The van der Waals surface area contributed by atoms with Crippen LogP contribution in [0.5, 0.6) is 0 Å². The summed E-state index contributed by atoms with van der Waals surface area (Å²) in [6.07, 6.45) is 0.901. The maximum Gasteiger partial charge on any atom is 0.191 e. The molecule has 4 aromatic rings. The normalized spacial score (nSPS) is 11.4. The minimum Gasteiger partial charge on any atom is -0.358 e. The third kappa shape index (κ3) is 5.46. The number of nitrogens with zero attached hydrogens (tertiary/aromatic N) is 3. The summed E-state index contributed by atoms with van der Waals surface area (Å²) in [4.78, 5) is 7.83. The van der Waals surface area contributed by atoms with Crippen molar-refractivity contribution in [3.63, 3.8) is 0 Å². The van der Waals surface area contributed by atoms with Gasteiger partial charge in [0, 0.05) is 43.5 Å². The number of H-pyrrole nitrogens is 1. The van der Waals surface area contributed by atoms with Crippen LogP contribution in [0.15, 0.2) is 65.7 Å². The average molecular weight is 528 g/mol. The molecular formula is C24H29IN6. The number of fused-ring (bicyclic) bond motifs is 1. The molecule has 0 spiro atoms. The summed E-state index contributed by atoms with van der Waals surface area (Å²) in [7, 11) is 1.80. The molecule has 4 rings (SSSR count). The molecule has 3 N–H and O–H groups in total. The number of aryl methyl sites for hydroxylation is 2. The first-order valence-electron chi connectivity index (χ1n) is 10.3. The second kappa shape index (κ2) is 10.5. The van der Waals surface area contributed by atoms with E-state index >= 15 is 0 Å². The third-order valence-electron chi connectivity index (χ3n) is 5.17. The molecule has 0 aliphatic heterocycles. The number of para-hydroxylation sites is 2. The van der Waals surface area contributed by atoms with Gasteiger partial charge in [0.2, 0.25) is 0 Å². The number of hydrogen-bond acceptors (Lipinski definition) is 2. The highest BCUT2D eigenvalue weighted by Crippen LogP contribution is 2.17. The summed E-state index contributed by atoms with van der Waals surface area (Å²) < 4.78 is 2.00. The van der Waals surface area contributed by atoms with E-state index in [1.807, 2.05) is 17.7 Å². The number of rotatable bonds is 6. The molecule has 0 radical (unpaired) electrons. The standard InChI is InChI=1S/C24H28N6.HI/c1-17-14-18(2)30(29-17)23-11-7-5-9-20(23)16-27-24(25-3)26-13-12-21-15-19-8-4-6-10-22(19)28-21;/h4-11,14-15,28H,12-13,16H2,1-3H3,(H2,25,26,27);1H. The molecule has 0 atom stereocenters. The lowest BCUT2D eigenvalue weighted by atomic mass is 10.1. The van der Waals surface area contributed by atoms with Crippen LogP contribution >= 0.6 is 24.0 Å². The summed E-state index contributed by atoms with van der Waals surface area (Å²) >= 11 is 0. The second-order valence-electron chi connectivity index (χ2n) is 7.45. The van der Waals surface area contributed by atoms with Crippen LogP contribution in [0.4, 0.5) is 0 Å². The average Bonchev–Trinajstić information content (AvgIpc) is 3.32. The molecule has 0 unspecified atom stereocenters. The van der Waals surface area contributed by atoms with Gasteiger partial charge in [0.1, 0.15) is 0 Å². The molecular weight excluding hydrogens is 499 g/mol. The molecule has 2 heterocycles. The SMILES string of the molecule is CN=C(NCCc1cc2ccccc2[nH]1)NCc1ccccc1-n1nc(C)cc1C.I. The van der Waals surface area contributed by atoms with Crippen molar-refractivity contribution >= 4 is 40.8 Å². The van der Waals surface area contributed by atoms with Gasteiger partial charge < -0.3 is 15.6 Å². The zero-order valence-corrected chi connectivity index (χ0v) is 20.5. The molecule has 31 heavy (non-hydrogen) atoms. The number of guanidine groups is 1. The highest BCUT2D eigenvalue weighted by atomic mass is 127. The Morgan fingerprint density at radius 1 is 1.03 bits per heavy atom. The molecule has 0 fully saturated rings. The molecule has 162 valence electrons.